The first kappa shape index (κ1) is 16.7. The number of hydrogen-bond donors (Lipinski definition) is 2. The zero-order valence-electron chi connectivity index (χ0n) is 13.6. The molecule has 1 heterocycles. The summed E-state index contributed by atoms with van der Waals surface area (Å²) in [5, 5.41) is 14.2. The summed E-state index contributed by atoms with van der Waals surface area (Å²) in [4.78, 5) is 15.1. The van der Waals surface area contributed by atoms with Crippen LogP contribution in [0.5, 0.6) is 0 Å². The fourth-order valence-electron chi connectivity index (χ4n) is 3.70. The van der Waals surface area contributed by atoms with E-state index in [4.69, 9.17) is 12.2 Å². The predicted octanol–water partition coefficient (Wildman–Crippen LogP) is 4.29. The highest BCUT2D eigenvalue weighted by Crippen LogP contribution is 2.38. The molecule has 23 heavy (non-hydrogen) atoms. The van der Waals surface area contributed by atoms with E-state index >= 15 is 0 Å². The molecule has 1 aromatic rings. The Hall–Kier alpha value is -1.14. The second-order valence-corrected chi connectivity index (χ2v) is 8.04. The van der Waals surface area contributed by atoms with E-state index in [0.29, 0.717) is 16.7 Å². The maximum Gasteiger partial charge on any atom is 0.339 e. The number of fused-ring (bicyclic) bond motifs is 1. The lowest BCUT2D eigenvalue weighted by Gasteiger charge is -2.33. The molecule has 1 aromatic heterocycles. The van der Waals surface area contributed by atoms with Crippen LogP contribution in [0.2, 0.25) is 0 Å². The SMILES string of the molecule is CN(C(=S)Nc1sc2c(c1C(=O)O)CCCC2)C1CCCCC1. The van der Waals surface area contributed by atoms with Gasteiger partial charge in [0.05, 0.1) is 5.56 Å². The van der Waals surface area contributed by atoms with Gasteiger partial charge in [-0.3, -0.25) is 0 Å². The molecule has 0 spiro atoms. The average Bonchev–Trinajstić information content (AvgIpc) is 2.92. The van der Waals surface area contributed by atoms with Crippen LogP contribution < -0.4 is 5.32 Å². The predicted molar refractivity (Wildman–Crippen MR) is 98.8 cm³/mol. The lowest BCUT2D eigenvalue weighted by Crippen LogP contribution is -2.40. The van der Waals surface area contributed by atoms with Crippen molar-refractivity contribution in [2.75, 3.05) is 12.4 Å². The minimum atomic E-state index is -0.838. The van der Waals surface area contributed by atoms with Crippen molar-refractivity contribution in [1.29, 1.82) is 0 Å². The first-order chi connectivity index (χ1) is 11.1. The lowest BCUT2D eigenvalue weighted by molar-refractivity contribution is 0.0697. The van der Waals surface area contributed by atoms with Crippen LogP contribution in [-0.4, -0.2) is 34.2 Å². The number of carboxylic acid groups (broad SMARTS) is 1. The molecule has 0 saturated heterocycles. The van der Waals surface area contributed by atoms with E-state index in [2.05, 4.69) is 10.2 Å². The van der Waals surface area contributed by atoms with Crippen LogP contribution in [0.1, 0.15) is 65.7 Å². The quantitative estimate of drug-likeness (QED) is 0.795. The summed E-state index contributed by atoms with van der Waals surface area (Å²) in [6.07, 6.45) is 10.3. The second kappa shape index (κ2) is 7.18. The molecule has 0 atom stereocenters. The molecule has 4 nitrogen and oxygen atoms in total. The summed E-state index contributed by atoms with van der Waals surface area (Å²) in [5.41, 5.74) is 1.48. The maximum atomic E-state index is 11.7. The lowest BCUT2D eigenvalue weighted by atomic mass is 9.95. The van der Waals surface area contributed by atoms with Crippen molar-refractivity contribution in [3.05, 3.63) is 16.0 Å². The molecule has 1 fully saturated rings. The fourth-order valence-corrected chi connectivity index (χ4v) is 5.30. The molecule has 2 aliphatic carbocycles. The van der Waals surface area contributed by atoms with E-state index in [1.165, 1.54) is 37.0 Å². The van der Waals surface area contributed by atoms with Crippen LogP contribution in [0.3, 0.4) is 0 Å². The second-order valence-electron chi connectivity index (χ2n) is 6.55. The summed E-state index contributed by atoms with van der Waals surface area (Å²) in [7, 11) is 2.03. The molecule has 0 aliphatic heterocycles. The van der Waals surface area contributed by atoms with Crippen molar-refractivity contribution < 1.29 is 9.90 Å². The number of rotatable bonds is 3. The van der Waals surface area contributed by atoms with E-state index in [-0.39, 0.29) is 0 Å². The Balaban J connectivity index is 1.77. The van der Waals surface area contributed by atoms with Gasteiger partial charge in [-0.05, 0) is 56.3 Å². The summed E-state index contributed by atoms with van der Waals surface area (Å²) in [6, 6.07) is 0.478. The normalized spacial score (nSPS) is 18.3. The molecule has 126 valence electrons. The number of carbonyl (C=O) groups is 1. The van der Waals surface area contributed by atoms with E-state index in [9.17, 15) is 9.90 Å². The van der Waals surface area contributed by atoms with Gasteiger partial charge < -0.3 is 15.3 Å². The molecule has 0 amide bonds. The Kier molecular flexibility index (Phi) is 5.21. The molecule has 1 saturated carbocycles. The Morgan fingerprint density at radius 2 is 1.91 bits per heavy atom. The van der Waals surface area contributed by atoms with Gasteiger partial charge >= 0.3 is 5.97 Å². The molecule has 0 bridgehead atoms. The molecule has 2 N–H and O–H groups in total. The van der Waals surface area contributed by atoms with Gasteiger partial charge in [-0.25, -0.2) is 4.79 Å². The van der Waals surface area contributed by atoms with Gasteiger partial charge in [-0.15, -0.1) is 11.3 Å². The Morgan fingerprint density at radius 3 is 2.61 bits per heavy atom. The highest BCUT2D eigenvalue weighted by molar-refractivity contribution is 7.80. The summed E-state index contributed by atoms with van der Waals surface area (Å²) >= 11 is 7.13. The molecular weight excluding hydrogens is 328 g/mol. The van der Waals surface area contributed by atoms with Gasteiger partial charge in [0.2, 0.25) is 0 Å². The largest absolute Gasteiger partial charge is 0.478 e. The molecule has 2 aliphatic rings. The Bertz CT molecular complexity index is 606. The summed E-state index contributed by atoms with van der Waals surface area (Å²) in [5.74, 6) is -0.838. The molecule has 6 heteroatoms. The Morgan fingerprint density at radius 1 is 1.22 bits per heavy atom. The van der Waals surface area contributed by atoms with Crippen molar-refractivity contribution in [3.8, 4) is 0 Å². The van der Waals surface area contributed by atoms with E-state index in [1.807, 2.05) is 7.05 Å². The fraction of sp³-hybridized carbons (Fsp3) is 0.647. The molecular formula is C17H24N2O2S2. The van der Waals surface area contributed by atoms with Gasteiger partial charge in [0.15, 0.2) is 5.11 Å². The highest BCUT2D eigenvalue weighted by atomic mass is 32.1. The van der Waals surface area contributed by atoms with E-state index < -0.39 is 5.97 Å². The van der Waals surface area contributed by atoms with Crippen molar-refractivity contribution in [1.82, 2.24) is 4.90 Å². The highest BCUT2D eigenvalue weighted by Gasteiger charge is 2.27. The molecule has 0 radical (unpaired) electrons. The van der Waals surface area contributed by atoms with Crippen LogP contribution in [0, 0.1) is 0 Å². The van der Waals surface area contributed by atoms with Crippen molar-refractivity contribution in [2.45, 2.75) is 63.8 Å². The molecule has 0 aromatic carbocycles. The standard InChI is InChI=1S/C17H24N2O2S2/c1-19(11-7-3-2-4-8-11)17(22)18-15-14(16(20)21)12-9-5-6-10-13(12)23-15/h11H,2-10H2,1H3,(H,18,22)(H,20,21). The van der Waals surface area contributed by atoms with Gasteiger partial charge in [0.25, 0.3) is 0 Å². The first-order valence-electron chi connectivity index (χ1n) is 8.49. The van der Waals surface area contributed by atoms with Crippen LogP contribution >= 0.6 is 23.6 Å². The maximum absolute atomic E-state index is 11.7. The van der Waals surface area contributed by atoms with Gasteiger partial charge in [0.1, 0.15) is 5.00 Å². The number of aromatic carboxylic acids is 1. The molecule has 3 rings (SSSR count). The molecule has 0 unspecified atom stereocenters. The topological polar surface area (TPSA) is 52.6 Å². The minimum Gasteiger partial charge on any atom is -0.478 e. The van der Waals surface area contributed by atoms with Gasteiger partial charge in [-0.1, -0.05) is 19.3 Å². The van der Waals surface area contributed by atoms with E-state index in [1.54, 1.807) is 11.3 Å². The zero-order chi connectivity index (χ0) is 16.4. The van der Waals surface area contributed by atoms with Gasteiger partial charge in [0, 0.05) is 18.0 Å². The number of hydrogen-bond acceptors (Lipinski definition) is 3. The van der Waals surface area contributed by atoms with E-state index in [0.717, 1.165) is 36.2 Å². The van der Waals surface area contributed by atoms with Crippen LogP contribution in [0.25, 0.3) is 0 Å². The third-order valence-electron chi connectivity index (χ3n) is 5.05. The smallest absolute Gasteiger partial charge is 0.339 e. The van der Waals surface area contributed by atoms with Crippen molar-refractivity contribution in [3.63, 3.8) is 0 Å². The summed E-state index contributed by atoms with van der Waals surface area (Å²) in [6.45, 7) is 0. The number of carboxylic acids is 1. The number of thiophene rings is 1. The number of anilines is 1. The Labute approximate surface area is 146 Å². The number of aryl methyl sites for hydroxylation is 1. The van der Waals surface area contributed by atoms with Crippen LogP contribution in [0.15, 0.2) is 0 Å². The summed E-state index contributed by atoms with van der Waals surface area (Å²) < 4.78 is 0. The first-order valence-corrected chi connectivity index (χ1v) is 9.72. The third kappa shape index (κ3) is 3.53. The van der Waals surface area contributed by atoms with Crippen molar-refractivity contribution in [2.24, 2.45) is 0 Å². The van der Waals surface area contributed by atoms with Crippen LogP contribution in [-0.2, 0) is 12.8 Å². The minimum absolute atomic E-state index is 0.448. The number of thiocarbonyl (C=S) groups is 1. The average molecular weight is 353 g/mol. The number of nitrogens with one attached hydrogen (secondary N) is 1. The third-order valence-corrected chi connectivity index (χ3v) is 6.65. The van der Waals surface area contributed by atoms with Gasteiger partial charge in [-0.2, -0.15) is 0 Å². The van der Waals surface area contributed by atoms with Crippen LogP contribution in [0.4, 0.5) is 5.00 Å². The number of nitrogens with zero attached hydrogens (tertiary/aromatic N) is 1. The zero-order valence-corrected chi connectivity index (χ0v) is 15.2. The van der Waals surface area contributed by atoms with Crippen molar-refractivity contribution >= 4 is 39.6 Å². The monoisotopic (exact) mass is 352 g/mol.